The molecule has 13 nitrogen and oxygen atoms in total. The van der Waals surface area contributed by atoms with E-state index in [0.717, 1.165) is 16.5 Å². The molecule has 13 heteroatoms. The molecule has 3 aliphatic heterocycles. The van der Waals surface area contributed by atoms with Gasteiger partial charge in [-0.2, -0.15) is 0 Å². The summed E-state index contributed by atoms with van der Waals surface area (Å²) in [5.41, 5.74) is 7.96. The highest BCUT2D eigenvalue weighted by atomic mass is 16.7. The summed E-state index contributed by atoms with van der Waals surface area (Å²) in [7, 11) is 0. The molecule has 2 fully saturated rings. The second-order valence-corrected chi connectivity index (χ2v) is 11.8. The predicted molar refractivity (Wildman–Crippen MR) is 161 cm³/mol. The number of hydrogen-bond donors (Lipinski definition) is 5. The predicted octanol–water partition coefficient (Wildman–Crippen LogP) is -0.0633. The van der Waals surface area contributed by atoms with Gasteiger partial charge in [-0.25, -0.2) is 5.43 Å². The molecule has 1 aromatic carbocycles. The number of nitrogens with one attached hydrogen (secondary N) is 4. The summed E-state index contributed by atoms with van der Waals surface area (Å²) in [5.74, 6) is -1.51. The summed E-state index contributed by atoms with van der Waals surface area (Å²) in [5, 5.41) is 11.0. The van der Waals surface area contributed by atoms with Crippen molar-refractivity contribution in [2.24, 2.45) is 5.41 Å². The zero-order valence-electron chi connectivity index (χ0n) is 25.3. The Morgan fingerprint density at radius 2 is 1.75 bits per heavy atom. The lowest BCUT2D eigenvalue weighted by Crippen LogP contribution is -2.62. The minimum atomic E-state index is -1.18. The van der Waals surface area contributed by atoms with Crippen molar-refractivity contribution in [3.8, 4) is 0 Å². The van der Waals surface area contributed by atoms with Crippen LogP contribution in [0.1, 0.15) is 56.8 Å². The molecule has 7 N–H and O–H groups in total. The van der Waals surface area contributed by atoms with Crippen molar-refractivity contribution in [2.45, 2.75) is 63.7 Å². The van der Waals surface area contributed by atoms with Crippen LogP contribution in [0.3, 0.4) is 0 Å². The Bertz CT molecular complexity index is 1430. The number of rotatable bonds is 3. The van der Waals surface area contributed by atoms with Crippen molar-refractivity contribution in [3.63, 3.8) is 0 Å². The Morgan fingerprint density at radius 1 is 1.00 bits per heavy atom. The fourth-order valence-corrected chi connectivity index (χ4v) is 5.65. The molecule has 2 aromatic rings. The number of fused-ring (bicyclic) bond motifs is 4. The fraction of sp³-hybridized carbons (Fsp3) is 0.516. The van der Waals surface area contributed by atoms with Crippen LogP contribution < -0.4 is 27.1 Å². The van der Waals surface area contributed by atoms with Crippen LogP contribution in [-0.2, 0) is 28.7 Å². The maximum atomic E-state index is 13.8. The molecule has 0 aliphatic carbocycles. The average Bonchev–Trinajstić information content (AvgIpc) is 3.04. The standard InChI is InChI=1S/C31H41N7O6/c1-19-23-10-9-22-8-7-21(15-26(22)35-23)11-12-31(16-43-18-44-17-31)30(42)36-24(5-3-13-32)27(39)34-20(2)29(41)38-14-4-6-25(37-38)28(40)33-19/h7-12,15,19-20,24-25,37H,3-6,13-14,16-18,32H2,1-2H3,(H,33,40)(H,34,39)(H,36,42)/p+1/b12-11+/t19-,20+,24+,25+/m1/s1. The lowest BCUT2D eigenvalue weighted by molar-refractivity contribution is -0.368. The zero-order chi connectivity index (χ0) is 31.3. The molecule has 0 saturated carbocycles. The second kappa shape index (κ2) is 13.8. The molecule has 1 aromatic heterocycles. The number of benzene rings is 1. The summed E-state index contributed by atoms with van der Waals surface area (Å²) in [6.07, 6.45) is 5.67. The van der Waals surface area contributed by atoms with Crippen molar-refractivity contribution < 1.29 is 34.4 Å². The molecule has 5 bridgehead atoms. The maximum Gasteiger partial charge on any atom is 0.258 e. The Labute approximate surface area is 256 Å². The van der Waals surface area contributed by atoms with Crippen LogP contribution in [0.5, 0.6) is 0 Å². The number of nitrogens with zero attached hydrogens (tertiary/aromatic N) is 2. The fourth-order valence-electron chi connectivity index (χ4n) is 5.65. The number of carbonyl (C=O) groups excluding carboxylic acids is 4. The van der Waals surface area contributed by atoms with Gasteiger partial charge in [0, 0.05) is 11.9 Å². The third kappa shape index (κ3) is 7.07. The van der Waals surface area contributed by atoms with Gasteiger partial charge in [-0.1, -0.05) is 30.4 Å². The van der Waals surface area contributed by atoms with Gasteiger partial charge in [0.2, 0.25) is 17.7 Å². The molecule has 236 valence electrons. The first-order chi connectivity index (χ1) is 21.2. The number of aromatic nitrogens is 1. The lowest BCUT2D eigenvalue weighted by atomic mass is 9.86. The van der Waals surface area contributed by atoms with Crippen LogP contribution in [0.2, 0.25) is 0 Å². The van der Waals surface area contributed by atoms with Crippen LogP contribution in [0.4, 0.5) is 0 Å². The molecule has 3 aliphatic rings. The van der Waals surface area contributed by atoms with E-state index in [4.69, 9.17) is 14.5 Å². The zero-order valence-corrected chi connectivity index (χ0v) is 25.3. The van der Waals surface area contributed by atoms with Crippen LogP contribution in [0.25, 0.3) is 17.0 Å². The first-order valence-corrected chi connectivity index (χ1v) is 15.2. The Morgan fingerprint density at radius 3 is 2.52 bits per heavy atom. The van der Waals surface area contributed by atoms with E-state index in [2.05, 4.69) is 27.1 Å². The van der Waals surface area contributed by atoms with Crippen LogP contribution >= 0.6 is 0 Å². The topological polar surface area (TPSA) is 179 Å². The SMILES string of the molecule is C[C@@H]1NC(=O)[C@H](CCC[NH3+])NC(=O)C2(/C=C/c3ccc4ccc(nc4c3)[C@@H](C)NC(=O)[C@@H]3CCCN(N3)C1=O)COCOC2. The number of hydrogen-bond acceptors (Lipinski definition) is 8. The van der Waals surface area contributed by atoms with Crippen LogP contribution in [0.15, 0.2) is 36.4 Å². The molecule has 1 spiro atoms. The largest absolute Gasteiger partial charge is 0.358 e. The molecular formula is C31H42N7O6+. The molecule has 0 radical (unpaired) electrons. The molecule has 4 heterocycles. The normalized spacial score (nSPS) is 27.5. The van der Waals surface area contributed by atoms with Crippen molar-refractivity contribution in [3.05, 3.63) is 47.7 Å². The van der Waals surface area contributed by atoms with Gasteiger partial charge >= 0.3 is 0 Å². The number of pyridine rings is 1. The molecule has 5 rings (SSSR count). The van der Waals surface area contributed by atoms with E-state index in [1.54, 1.807) is 13.0 Å². The van der Waals surface area contributed by atoms with Crippen molar-refractivity contribution in [2.75, 3.05) is 33.1 Å². The van der Waals surface area contributed by atoms with Gasteiger partial charge < -0.3 is 31.2 Å². The molecule has 4 amide bonds. The third-order valence-corrected chi connectivity index (χ3v) is 8.34. The lowest BCUT2D eigenvalue weighted by Gasteiger charge is -2.36. The van der Waals surface area contributed by atoms with Gasteiger partial charge in [0.25, 0.3) is 5.91 Å². The van der Waals surface area contributed by atoms with Gasteiger partial charge in [0.1, 0.15) is 30.3 Å². The van der Waals surface area contributed by atoms with E-state index in [9.17, 15) is 19.2 Å². The van der Waals surface area contributed by atoms with Crippen molar-refractivity contribution in [1.82, 2.24) is 31.4 Å². The number of ether oxygens (including phenoxy) is 2. The van der Waals surface area contributed by atoms with Gasteiger partial charge in [0.05, 0.1) is 37.0 Å². The van der Waals surface area contributed by atoms with E-state index >= 15 is 0 Å². The quantitative estimate of drug-likeness (QED) is 0.322. The second-order valence-electron chi connectivity index (χ2n) is 11.8. The Hall–Kier alpha value is -3.91. The minimum absolute atomic E-state index is 0.0662. The smallest absolute Gasteiger partial charge is 0.258 e. The number of amides is 4. The summed E-state index contributed by atoms with van der Waals surface area (Å²) >= 11 is 0. The summed E-state index contributed by atoms with van der Waals surface area (Å²) < 4.78 is 11.1. The van der Waals surface area contributed by atoms with E-state index in [1.165, 1.54) is 5.01 Å². The summed E-state index contributed by atoms with van der Waals surface area (Å²) in [6.45, 7) is 4.63. The number of carbonyl (C=O) groups is 4. The average molecular weight is 609 g/mol. The molecule has 0 unspecified atom stereocenters. The molecule has 2 saturated heterocycles. The highest BCUT2D eigenvalue weighted by molar-refractivity contribution is 5.94. The van der Waals surface area contributed by atoms with E-state index in [-0.39, 0.29) is 37.9 Å². The third-order valence-electron chi connectivity index (χ3n) is 8.34. The Kier molecular flexibility index (Phi) is 9.89. The summed E-state index contributed by atoms with van der Waals surface area (Å²) in [6, 6.07) is 6.82. The van der Waals surface area contributed by atoms with Crippen molar-refractivity contribution >= 4 is 40.6 Å². The van der Waals surface area contributed by atoms with Gasteiger partial charge in [-0.3, -0.25) is 29.2 Å². The molecule has 44 heavy (non-hydrogen) atoms. The first-order valence-electron chi connectivity index (χ1n) is 15.2. The number of quaternary nitrogens is 1. The highest BCUT2D eigenvalue weighted by Crippen LogP contribution is 2.27. The van der Waals surface area contributed by atoms with Gasteiger partial charge in [0.15, 0.2) is 0 Å². The van der Waals surface area contributed by atoms with Crippen LogP contribution in [0, 0.1) is 5.41 Å². The summed E-state index contributed by atoms with van der Waals surface area (Å²) in [4.78, 5) is 58.7. The van der Waals surface area contributed by atoms with E-state index in [1.807, 2.05) is 43.3 Å². The first kappa shape index (κ1) is 31.5. The minimum Gasteiger partial charge on any atom is -0.358 e. The van der Waals surface area contributed by atoms with Crippen molar-refractivity contribution in [1.29, 1.82) is 0 Å². The van der Waals surface area contributed by atoms with Gasteiger partial charge in [-0.15, -0.1) is 0 Å². The Balaban J connectivity index is 1.52. The van der Waals surface area contributed by atoms with E-state index in [0.29, 0.717) is 44.5 Å². The van der Waals surface area contributed by atoms with Crippen LogP contribution in [-0.4, -0.2) is 84.8 Å². The monoisotopic (exact) mass is 608 g/mol. The number of hydrazine groups is 1. The maximum absolute atomic E-state index is 13.8. The molecular weight excluding hydrogens is 566 g/mol. The highest BCUT2D eigenvalue weighted by Gasteiger charge is 2.41. The van der Waals surface area contributed by atoms with Gasteiger partial charge in [-0.05, 0) is 57.2 Å². The molecule has 4 atom stereocenters. The van der Waals surface area contributed by atoms with E-state index < -0.39 is 35.4 Å².